The van der Waals surface area contributed by atoms with E-state index in [4.69, 9.17) is 11.6 Å². The molecule has 0 aliphatic heterocycles. The van der Waals surface area contributed by atoms with Crippen LogP contribution in [0.25, 0.3) is 0 Å². The Bertz CT molecular complexity index is 888. The molecule has 6 heteroatoms. The fourth-order valence-corrected chi connectivity index (χ4v) is 4.14. The Morgan fingerprint density at radius 2 is 1.68 bits per heavy atom. The summed E-state index contributed by atoms with van der Waals surface area (Å²) in [6.07, 6.45) is 3.51. The molecule has 0 saturated carbocycles. The highest BCUT2D eigenvalue weighted by atomic mass is 35.5. The molecule has 128 valence electrons. The molecule has 0 saturated heterocycles. The molecule has 2 nitrogen and oxygen atoms in total. The van der Waals surface area contributed by atoms with Crippen LogP contribution in [0.15, 0.2) is 71.9 Å². The summed E-state index contributed by atoms with van der Waals surface area (Å²) in [4.78, 5) is 4.45. The van der Waals surface area contributed by atoms with Crippen molar-refractivity contribution in [2.24, 2.45) is 0 Å². The van der Waals surface area contributed by atoms with Crippen molar-refractivity contribution in [2.45, 2.75) is 16.6 Å². The first kappa shape index (κ1) is 17.7. The number of hydrogen-bond acceptors (Lipinski definition) is 2. The lowest BCUT2D eigenvalue weighted by Crippen LogP contribution is -2.13. The van der Waals surface area contributed by atoms with Crippen molar-refractivity contribution in [1.29, 1.82) is 0 Å². The smallest absolute Gasteiger partial charge is 0.127 e. The van der Waals surface area contributed by atoms with Crippen molar-refractivity contribution in [3.05, 3.63) is 94.8 Å². The van der Waals surface area contributed by atoms with Gasteiger partial charge in [0.1, 0.15) is 11.6 Å². The van der Waals surface area contributed by atoms with E-state index < -0.39 is 27.7 Å². The molecule has 0 radical (unpaired) electrons. The largest absolute Gasteiger partial charge is 0.265 e. The molecular weight excluding hydrogens is 364 g/mol. The van der Waals surface area contributed by atoms with Crippen LogP contribution >= 0.6 is 11.6 Å². The minimum absolute atomic E-state index is 0.0881. The molecular formula is C19H14ClF2NOS. The first-order valence-electron chi connectivity index (χ1n) is 7.54. The third-order valence-corrected chi connectivity index (χ3v) is 5.71. The summed E-state index contributed by atoms with van der Waals surface area (Å²) < 4.78 is 41.1. The molecule has 3 rings (SSSR count). The normalized spacial score (nSPS) is 13.4. The molecule has 0 aliphatic rings. The predicted octanol–water partition coefficient (Wildman–Crippen LogP) is 5.10. The SMILES string of the molecule is O=S(c1ccc(Cl)cc1)C(Cc1ccncc1)c1cc(F)ccc1F. The van der Waals surface area contributed by atoms with Gasteiger partial charge in [-0.25, -0.2) is 8.78 Å². The molecule has 0 aliphatic carbocycles. The molecule has 0 bridgehead atoms. The summed E-state index contributed by atoms with van der Waals surface area (Å²) in [6.45, 7) is 0. The van der Waals surface area contributed by atoms with Crippen molar-refractivity contribution in [1.82, 2.24) is 4.98 Å². The van der Waals surface area contributed by atoms with E-state index in [1.54, 1.807) is 48.8 Å². The zero-order valence-corrected chi connectivity index (χ0v) is 14.6. The van der Waals surface area contributed by atoms with Crippen LogP contribution in [0, 0.1) is 11.6 Å². The zero-order chi connectivity index (χ0) is 17.8. The average molecular weight is 378 g/mol. The van der Waals surface area contributed by atoms with Crippen LogP contribution in [0.3, 0.4) is 0 Å². The molecule has 0 fully saturated rings. The van der Waals surface area contributed by atoms with Gasteiger partial charge >= 0.3 is 0 Å². The Balaban J connectivity index is 2.03. The molecule has 1 aromatic heterocycles. The van der Waals surface area contributed by atoms with Gasteiger partial charge in [0.2, 0.25) is 0 Å². The minimum Gasteiger partial charge on any atom is -0.265 e. The van der Waals surface area contributed by atoms with Gasteiger partial charge < -0.3 is 0 Å². The Morgan fingerprint density at radius 1 is 1.00 bits per heavy atom. The summed E-state index contributed by atoms with van der Waals surface area (Å²) in [6, 6.07) is 13.3. The molecule has 0 N–H and O–H groups in total. The molecule has 2 atom stereocenters. The van der Waals surface area contributed by atoms with E-state index in [-0.39, 0.29) is 12.0 Å². The van der Waals surface area contributed by atoms with Gasteiger partial charge in [0.25, 0.3) is 0 Å². The van der Waals surface area contributed by atoms with Crippen LogP contribution < -0.4 is 0 Å². The van der Waals surface area contributed by atoms with Crippen LogP contribution in [-0.2, 0) is 17.2 Å². The Morgan fingerprint density at radius 3 is 2.36 bits per heavy atom. The number of benzene rings is 2. The van der Waals surface area contributed by atoms with E-state index in [0.29, 0.717) is 9.92 Å². The quantitative estimate of drug-likeness (QED) is 0.618. The second-order valence-electron chi connectivity index (χ2n) is 5.47. The van der Waals surface area contributed by atoms with Gasteiger partial charge in [-0.3, -0.25) is 9.19 Å². The molecule has 2 unspecified atom stereocenters. The first-order valence-corrected chi connectivity index (χ1v) is 9.13. The minimum atomic E-state index is -1.59. The maximum atomic E-state index is 14.3. The Kier molecular flexibility index (Phi) is 5.56. The van der Waals surface area contributed by atoms with Gasteiger partial charge in [-0.1, -0.05) is 11.6 Å². The van der Waals surface area contributed by atoms with Gasteiger partial charge in [0.15, 0.2) is 0 Å². The fourth-order valence-electron chi connectivity index (χ4n) is 2.53. The third-order valence-electron chi connectivity index (χ3n) is 3.78. The van der Waals surface area contributed by atoms with Crippen LogP contribution in [0.1, 0.15) is 16.4 Å². The standard InChI is InChI=1S/C19H14ClF2NOS/c20-14-1-4-16(5-2-14)25(24)19(11-13-7-9-23-10-8-13)17-12-15(21)3-6-18(17)22/h1-10,12,19H,11H2. The summed E-state index contributed by atoms with van der Waals surface area (Å²) in [5.41, 5.74) is 0.927. The summed E-state index contributed by atoms with van der Waals surface area (Å²) in [5.74, 6) is -1.15. The highest BCUT2D eigenvalue weighted by Crippen LogP contribution is 2.31. The Hall–Kier alpha value is -2.11. The van der Waals surface area contributed by atoms with E-state index in [2.05, 4.69) is 4.98 Å². The van der Waals surface area contributed by atoms with Gasteiger partial charge in [-0.2, -0.15) is 0 Å². The van der Waals surface area contributed by atoms with E-state index in [1.807, 2.05) is 0 Å². The maximum absolute atomic E-state index is 14.3. The molecule has 25 heavy (non-hydrogen) atoms. The van der Waals surface area contributed by atoms with Crippen molar-refractivity contribution < 1.29 is 13.0 Å². The predicted molar refractivity (Wildman–Crippen MR) is 94.9 cm³/mol. The highest BCUT2D eigenvalue weighted by Gasteiger charge is 2.25. The molecule has 3 aromatic rings. The maximum Gasteiger partial charge on any atom is 0.127 e. The zero-order valence-electron chi connectivity index (χ0n) is 13.0. The topological polar surface area (TPSA) is 30.0 Å². The highest BCUT2D eigenvalue weighted by molar-refractivity contribution is 7.85. The molecule has 1 heterocycles. The van der Waals surface area contributed by atoms with Crippen LogP contribution in [0.5, 0.6) is 0 Å². The number of aromatic nitrogens is 1. The Labute approximate surface area is 152 Å². The van der Waals surface area contributed by atoms with E-state index in [0.717, 1.165) is 23.8 Å². The number of hydrogen-bond donors (Lipinski definition) is 0. The first-order chi connectivity index (χ1) is 12.0. The van der Waals surface area contributed by atoms with Gasteiger partial charge in [0, 0.05) is 27.9 Å². The van der Waals surface area contributed by atoms with E-state index >= 15 is 0 Å². The lowest BCUT2D eigenvalue weighted by atomic mass is 10.0. The van der Waals surface area contributed by atoms with E-state index in [1.165, 1.54) is 0 Å². The second kappa shape index (κ2) is 7.85. The number of halogens is 3. The van der Waals surface area contributed by atoms with Gasteiger partial charge in [0.05, 0.1) is 16.0 Å². The van der Waals surface area contributed by atoms with Crippen molar-refractivity contribution in [3.63, 3.8) is 0 Å². The van der Waals surface area contributed by atoms with Gasteiger partial charge in [-0.15, -0.1) is 0 Å². The molecule has 0 amide bonds. The summed E-state index contributed by atoms with van der Waals surface area (Å²) in [5, 5.41) is -0.220. The third kappa shape index (κ3) is 4.30. The molecule has 0 spiro atoms. The monoisotopic (exact) mass is 377 g/mol. The number of rotatable bonds is 5. The van der Waals surface area contributed by atoms with Crippen LogP contribution in [0.4, 0.5) is 8.78 Å². The van der Waals surface area contributed by atoms with Crippen LogP contribution in [0.2, 0.25) is 5.02 Å². The fraction of sp³-hybridized carbons (Fsp3) is 0.105. The average Bonchev–Trinajstić information content (AvgIpc) is 2.63. The van der Waals surface area contributed by atoms with Crippen molar-refractivity contribution in [2.75, 3.05) is 0 Å². The molecule has 2 aromatic carbocycles. The van der Waals surface area contributed by atoms with Crippen molar-refractivity contribution in [3.8, 4) is 0 Å². The number of nitrogens with zero attached hydrogens (tertiary/aromatic N) is 1. The summed E-state index contributed by atoms with van der Waals surface area (Å²) in [7, 11) is -1.59. The van der Waals surface area contributed by atoms with Crippen molar-refractivity contribution >= 4 is 22.4 Å². The van der Waals surface area contributed by atoms with E-state index in [9.17, 15) is 13.0 Å². The lowest BCUT2D eigenvalue weighted by molar-refractivity contribution is 0.579. The summed E-state index contributed by atoms with van der Waals surface area (Å²) >= 11 is 5.87. The van der Waals surface area contributed by atoms with Crippen LogP contribution in [-0.4, -0.2) is 9.19 Å². The van der Waals surface area contributed by atoms with Gasteiger partial charge in [-0.05, 0) is 66.6 Å². The number of pyridine rings is 1. The lowest BCUT2D eigenvalue weighted by Gasteiger charge is -2.18. The second-order valence-corrected chi connectivity index (χ2v) is 7.54.